The number of nitrogens with zero attached hydrogens (tertiary/aromatic N) is 2. The maximum absolute atomic E-state index is 5.88. The van der Waals surface area contributed by atoms with Crippen molar-refractivity contribution in [2.45, 2.75) is 38.0 Å². The summed E-state index contributed by atoms with van der Waals surface area (Å²) in [6.07, 6.45) is 4.00. The summed E-state index contributed by atoms with van der Waals surface area (Å²) >= 11 is 1.44. The van der Waals surface area contributed by atoms with Crippen LogP contribution in [0.15, 0.2) is 53.7 Å². The second-order valence-corrected chi connectivity index (χ2v) is 7.49. The number of aromatic nitrogens is 2. The SMILES string of the molecule is Cc1ccc(SOCC(C)(C)c2ccc3c(C)cnn3c2)cc1. The lowest BCUT2D eigenvalue weighted by molar-refractivity contribution is 0.277. The maximum atomic E-state index is 5.88. The molecular formula is C19H22N2OS. The molecule has 0 unspecified atom stereocenters. The average molecular weight is 326 g/mol. The topological polar surface area (TPSA) is 26.5 Å². The summed E-state index contributed by atoms with van der Waals surface area (Å²) in [5.41, 5.74) is 4.75. The van der Waals surface area contributed by atoms with E-state index < -0.39 is 0 Å². The van der Waals surface area contributed by atoms with E-state index in [9.17, 15) is 0 Å². The Morgan fingerprint density at radius 1 is 1.09 bits per heavy atom. The molecule has 0 aliphatic heterocycles. The molecule has 3 nitrogen and oxygen atoms in total. The first-order valence-electron chi connectivity index (χ1n) is 7.76. The van der Waals surface area contributed by atoms with Crippen molar-refractivity contribution >= 4 is 17.6 Å². The molecule has 0 atom stereocenters. The highest BCUT2D eigenvalue weighted by atomic mass is 32.2. The monoisotopic (exact) mass is 326 g/mol. The first kappa shape index (κ1) is 16.1. The number of hydrogen-bond donors (Lipinski definition) is 0. The highest BCUT2D eigenvalue weighted by Crippen LogP contribution is 2.28. The molecule has 23 heavy (non-hydrogen) atoms. The van der Waals surface area contributed by atoms with Crippen molar-refractivity contribution in [1.82, 2.24) is 9.61 Å². The standard InChI is InChI=1S/C19H22N2OS/c1-14-5-8-17(9-6-14)23-22-13-19(3,4)16-7-10-18-15(2)11-20-21(18)12-16/h5-12H,13H2,1-4H3. The molecule has 0 amide bonds. The number of fused-ring (bicyclic) bond motifs is 1. The lowest BCUT2D eigenvalue weighted by Crippen LogP contribution is -2.23. The van der Waals surface area contributed by atoms with Crippen molar-refractivity contribution in [2.75, 3.05) is 6.61 Å². The largest absolute Gasteiger partial charge is 0.309 e. The molecule has 0 saturated heterocycles. The van der Waals surface area contributed by atoms with Gasteiger partial charge in [0.1, 0.15) is 0 Å². The molecule has 0 aliphatic carbocycles. The van der Waals surface area contributed by atoms with Gasteiger partial charge in [-0.2, -0.15) is 5.10 Å². The van der Waals surface area contributed by atoms with E-state index in [2.05, 4.69) is 75.4 Å². The van der Waals surface area contributed by atoms with Gasteiger partial charge in [0.05, 0.1) is 18.3 Å². The summed E-state index contributed by atoms with van der Waals surface area (Å²) in [6, 6.07) is 12.7. The summed E-state index contributed by atoms with van der Waals surface area (Å²) < 4.78 is 7.83. The van der Waals surface area contributed by atoms with Gasteiger partial charge in [0.2, 0.25) is 0 Å². The van der Waals surface area contributed by atoms with E-state index in [1.807, 2.05) is 10.7 Å². The fraction of sp³-hybridized carbons (Fsp3) is 0.316. The third kappa shape index (κ3) is 3.59. The van der Waals surface area contributed by atoms with Gasteiger partial charge in [-0.1, -0.05) is 37.6 Å². The molecule has 4 heteroatoms. The van der Waals surface area contributed by atoms with Gasteiger partial charge in [-0.25, -0.2) is 4.52 Å². The minimum atomic E-state index is -0.0776. The van der Waals surface area contributed by atoms with Gasteiger partial charge >= 0.3 is 0 Å². The molecule has 0 fully saturated rings. The lowest BCUT2D eigenvalue weighted by Gasteiger charge is -2.24. The van der Waals surface area contributed by atoms with Crippen LogP contribution in [0.3, 0.4) is 0 Å². The highest BCUT2D eigenvalue weighted by Gasteiger charge is 2.22. The predicted molar refractivity (Wildman–Crippen MR) is 95.9 cm³/mol. The smallest absolute Gasteiger partial charge is 0.0710 e. The first-order chi connectivity index (χ1) is 11.0. The minimum absolute atomic E-state index is 0.0776. The molecule has 3 rings (SSSR count). The quantitative estimate of drug-likeness (QED) is 0.620. The van der Waals surface area contributed by atoms with E-state index in [0.717, 1.165) is 10.4 Å². The van der Waals surface area contributed by atoms with Crippen LogP contribution in [-0.2, 0) is 9.60 Å². The van der Waals surface area contributed by atoms with E-state index in [1.165, 1.54) is 28.7 Å². The van der Waals surface area contributed by atoms with Crippen molar-refractivity contribution in [3.8, 4) is 0 Å². The Balaban J connectivity index is 1.68. The summed E-state index contributed by atoms with van der Waals surface area (Å²) in [4.78, 5) is 1.13. The van der Waals surface area contributed by atoms with Crippen LogP contribution in [0.2, 0.25) is 0 Å². The second-order valence-electron chi connectivity index (χ2n) is 6.62. The fourth-order valence-corrected chi connectivity index (χ4v) is 3.17. The van der Waals surface area contributed by atoms with Crippen LogP contribution in [-0.4, -0.2) is 16.2 Å². The molecule has 0 N–H and O–H groups in total. The van der Waals surface area contributed by atoms with E-state index in [1.54, 1.807) is 0 Å². The number of pyridine rings is 1. The molecule has 0 bridgehead atoms. The minimum Gasteiger partial charge on any atom is -0.309 e. The predicted octanol–water partition coefficient (Wildman–Crippen LogP) is 4.95. The van der Waals surface area contributed by atoms with Gasteiger partial charge in [-0.15, -0.1) is 0 Å². The van der Waals surface area contributed by atoms with Crippen molar-refractivity contribution in [1.29, 1.82) is 0 Å². The van der Waals surface area contributed by atoms with Crippen LogP contribution in [0.25, 0.3) is 5.52 Å². The summed E-state index contributed by atoms with van der Waals surface area (Å²) in [7, 11) is 0. The van der Waals surface area contributed by atoms with Crippen LogP contribution in [0.4, 0.5) is 0 Å². The van der Waals surface area contributed by atoms with E-state index >= 15 is 0 Å². The van der Waals surface area contributed by atoms with Gasteiger partial charge in [-0.05, 0) is 43.2 Å². The Bertz CT molecular complexity index is 806. The van der Waals surface area contributed by atoms with Crippen molar-refractivity contribution in [3.05, 3.63) is 65.5 Å². The normalized spacial score (nSPS) is 12.0. The average Bonchev–Trinajstić information content (AvgIpc) is 2.90. The first-order valence-corrected chi connectivity index (χ1v) is 8.50. The number of hydrogen-bond acceptors (Lipinski definition) is 3. The highest BCUT2D eigenvalue weighted by molar-refractivity contribution is 7.94. The number of aryl methyl sites for hydroxylation is 2. The van der Waals surface area contributed by atoms with Gasteiger partial charge in [0.25, 0.3) is 0 Å². The van der Waals surface area contributed by atoms with Crippen LogP contribution >= 0.6 is 12.0 Å². The van der Waals surface area contributed by atoms with E-state index in [4.69, 9.17) is 4.18 Å². The van der Waals surface area contributed by atoms with Crippen LogP contribution in [0, 0.1) is 13.8 Å². The maximum Gasteiger partial charge on any atom is 0.0710 e. The van der Waals surface area contributed by atoms with Gasteiger partial charge in [-0.3, -0.25) is 0 Å². The van der Waals surface area contributed by atoms with Crippen molar-refractivity contribution < 1.29 is 4.18 Å². The summed E-state index contributed by atoms with van der Waals surface area (Å²) in [5, 5.41) is 4.40. The summed E-state index contributed by atoms with van der Waals surface area (Å²) in [6.45, 7) is 9.19. The van der Waals surface area contributed by atoms with E-state index in [0.29, 0.717) is 6.61 Å². The van der Waals surface area contributed by atoms with Crippen LogP contribution in [0.5, 0.6) is 0 Å². The molecule has 3 aromatic rings. The lowest BCUT2D eigenvalue weighted by atomic mass is 9.87. The Labute approximate surface area is 141 Å². The Hall–Kier alpha value is -1.78. The second kappa shape index (κ2) is 6.38. The fourth-order valence-electron chi connectivity index (χ4n) is 2.43. The third-order valence-corrected chi connectivity index (χ3v) is 4.79. The molecule has 0 aliphatic rings. The zero-order valence-corrected chi connectivity index (χ0v) is 14.9. The Morgan fingerprint density at radius 3 is 2.57 bits per heavy atom. The molecule has 0 spiro atoms. The van der Waals surface area contributed by atoms with Crippen molar-refractivity contribution in [3.63, 3.8) is 0 Å². The van der Waals surface area contributed by atoms with Crippen LogP contribution in [0.1, 0.15) is 30.5 Å². The molecule has 0 saturated carbocycles. The zero-order chi connectivity index (χ0) is 16.4. The van der Waals surface area contributed by atoms with Crippen LogP contribution < -0.4 is 0 Å². The molecule has 2 aromatic heterocycles. The molecule has 120 valence electrons. The molecule has 0 radical (unpaired) electrons. The third-order valence-electron chi connectivity index (χ3n) is 4.09. The molecule has 1 aromatic carbocycles. The molecular weight excluding hydrogens is 304 g/mol. The van der Waals surface area contributed by atoms with Crippen molar-refractivity contribution in [2.24, 2.45) is 0 Å². The van der Waals surface area contributed by atoms with E-state index in [-0.39, 0.29) is 5.41 Å². The molecule has 2 heterocycles. The Morgan fingerprint density at radius 2 is 1.83 bits per heavy atom. The van der Waals surface area contributed by atoms with Gasteiger partial charge < -0.3 is 4.18 Å². The zero-order valence-electron chi connectivity index (χ0n) is 14.0. The number of benzene rings is 1. The summed E-state index contributed by atoms with van der Waals surface area (Å²) in [5.74, 6) is 0. The van der Waals surface area contributed by atoms with Gasteiger partial charge in [0, 0.05) is 28.6 Å². The number of rotatable bonds is 5. The Kier molecular flexibility index (Phi) is 4.46. The van der Waals surface area contributed by atoms with Gasteiger partial charge in [0.15, 0.2) is 0 Å².